The van der Waals surface area contributed by atoms with Gasteiger partial charge in [0.2, 0.25) is 0 Å². The molecule has 2 aromatic rings. The highest BCUT2D eigenvalue weighted by molar-refractivity contribution is 7.98. The number of rotatable bonds is 5. The molecule has 1 atom stereocenters. The van der Waals surface area contributed by atoms with E-state index >= 15 is 0 Å². The fourth-order valence-electron chi connectivity index (χ4n) is 2.33. The number of carbonyl (C=O) groups is 1. The zero-order valence-corrected chi connectivity index (χ0v) is 13.4. The van der Waals surface area contributed by atoms with Gasteiger partial charge in [-0.05, 0) is 50.3 Å². The third kappa shape index (κ3) is 3.01. The van der Waals surface area contributed by atoms with E-state index in [1.54, 1.807) is 11.8 Å². The van der Waals surface area contributed by atoms with Gasteiger partial charge in [0.1, 0.15) is 0 Å². The van der Waals surface area contributed by atoms with Crippen molar-refractivity contribution in [1.82, 2.24) is 10.3 Å². The fraction of sp³-hybridized carbons (Fsp3) is 0.438. The van der Waals surface area contributed by atoms with Gasteiger partial charge in [-0.1, -0.05) is 6.92 Å². The minimum Gasteiger partial charge on any atom is -0.358 e. The van der Waals surface area contributed by atoms with Crippen LogP contribution in [0.25, 0.3) is 10.9 Å². The monoisotopic (exact) mass is 290 g/mol. The molecule has 20 heavy (non-hydrogen) atoms. The summed E-state index contributed by atoms with van der Waals surface area (Å²) in [5.41, 5.74) is 4.20. The average molecular weight is 290 g/mol. The Balaban J connectivity index is 2.24. The number of carbonyl (C=O) groups excluding carboxylic acids is 1. The molecule has 2 N–H and O–H groups in total. The third-order valence-corrected chi connectivity index (χ3v) is 4.50. The number of aryl methyl sites for hydroxylation is 2. The molecule has 0 saturated carbocycles. The summed E-state index contributed by atoms with van der Waals surface area (Å²) in [5.74, 6) is 0.971. The Hall–Kier alpha value is -1.42. The quantitative estimate of drug-likeness (QED) is 0.882. The summed E-state index contributed by atoms with van der Waals surface area (Å²) in [6, 6.07) is 6.09. The van der Waals surface area contributed by atoms with Crippen LogP contribution in [0.1, 0.15) is 35.0 Å². The largest absolute Gasteiger partial charge is 0.358 e. The molecule has 108 valence electrons. The molecule has 0 radical (unpaired) electrons. The Morgan fingerprint density at radius 2 is 2.15 bits per heavy atom. The Bertz CT molecular complexity index is 618. The number of benzene rings is 1. The van der Waals surface area contributed by atoms with Gasteiger partial charge in [0.25, 0.3) is 5.91 Å². The van der Waals surface area contributed by atoms with Gasteiger partial charge in [-0.15, -0.1) is 0 Å². The van der Waals surface area contributed by atoms with Crippen molar-refractivity contribution in [3.8, 4) is 0 Å². The van der Waals surface area contributed by atoms with Crippen LogP contribution in [0, 0.1) is 13.8 Å². The zero-order valence-electron chi connectivity index (χ0n) is 12.5. The van der Waals surface area contributed by atoms with Crippen LogP contribution < -0.4 is 5.32 Å². The normalized spacial score (nSPS) is 12.6. The highest BCUT2D eigenvalue weighted by atomic mass is 32.2. The maximum atomic E-state index is 12.3. The summed E-state index contributed by atoms with van der Waals surface area (Å²) in [7, 11) is 0. The maximum absolute atomic E-state index is 12.3. The van der Waals surface area contributed by atoms with Gasteiger partial charge in [0, 0.05) is 34.0 Å². The standard InChI is InChI=1S/C16H22N2OS/c1-5-13(9-20-4)18-16(19)12-6-7-15-14(8-12)10(2)11(3)17-15/h6-8,13,17H,5,9H2,1-4H3,(H,18,19). The first kappa shape index (κ1) is 15.0. The van der Waals surface area contributed by atoms with Crippen LogP contribution >= 0.6 is 11.8 Å². The lowest BCUT2D eigenvalue weighted by Gasteiger charge is -2.15. The predicted molar refractivity (Wildman–Crippen MR) is 87.7 cm³/mol. The molecule has 0 aliphatic carbocycles. The van der Waals surface area contributed by atoms with E-state index in [0.29, 0.717) is 0 Å². The zero-order chi connectivity index (χ0) is 14.7. The van der Waals surface area contributed by atoms with E-state index < -0.39 is 0 Å². The first-order chi connectivity index (χ1) is 9.56. The average Bonchev–Trinajstić information content (AvgIpc) is 2.73. The summed E-state index contributed by atoms with van der Waals surface area (Å²) in [5, 5.41) is 4.24. The van der Waals surface area contributed by atoms with E-state index in [1.807, 2.05) is 18.2 Å². The highest BCUT2D eigenvalue weighted by Crippen LogP contribution is 2.22. The first-order valence-corrected chi connectivity index (χ1v) is 8.35. The fourth-order valence-corrected chi connectivity index (χ4v) is 3.06. The maximum Gasteiger partial charge on any atom is 0.251 e. The SMILES string of the molecule is CCC(CSC)NC(=O)c1ccc2[nH]c(C)c(C)c2c1. The highest BCUT2D eigenvalue weighted by Gasteiger charge is 2.13. The number of aromatic nitrogens is 1. The van der Waals surface area contributed by atoms with E-state index in [1.165, 1.54) is 5.56 Å². The number of H-pyrrole nitrogens is 1. The second-order valence-corrected chi connectivity index (χ2v) is 6.08. The van der Waals surface area contributed by atoms with Gasteiger partial charge in [-0.2, -0.15) is 11.8 Å². The third-order valence-electron chi connectivity index (χ3n) is 3.77. The number of fused-ring (bicyclic) bond motifs is 1. The number of hydrogen-bond acceptors (Lipinski definition) is 2. The van der Waals surface area contributed by atoms with E-state index in [2.05, 4.69) is 37.3 Å². The molecule has 1 heterocycles. The van der Waals surface area contributed by atoms with Gasteiger partial charge in [0.15, 0.2) is 0 Å². The number of hydrogen-bond donors (Lipinski definition) is 2. The summed E-state index contributed by atoms with van der Waals surface area (Å²) in [6.07, 6.45) is 3.02. The number of amides is 1. The van der Waals surface area contributed by atoms with Crippen molar-refractivity contribution in [3.05, 3.63) is 35.0 Å². The Kier molecular flexibility index (Phi) is 4.76. The van der Waals surface area contributed by atoms with E-state index in [0.717, 1.165) is 34.3 Å². The molecule has 4 heteroatoms. The molecule has 1 aromatic heterocycles. The summed E-state index contributed by atoms with van der Waals surface area (Å²) >= 11 is 1.76. The van der Waals surface area contributed by atoms with Gasteiger partial charge >= 0.3 is 0 Å². The molecule has 1 unspecified atom stereocenters. The lowest BCUT2D eigenvalue weighted by atomic mass is 10.1. The second-order valence-electron chi connectivity index (χ2n) is 5.17. The van der Waals surface area contributed by atoms with Crippen LogP contribution in [0.5, 0.6) is 0 Å². The van der Waals surface area contributed by atoms with Gasteiger partial charge in [0.05, 0.1) is 0 Å². The molecule has 1 amide bonds. The van der Waals surface area contributed by atoms with Gasteiger partial charge < -0.3 is 10.3 Å². The summed E-state index contributed by atoms with van der Waals surface area (Å²) in [6.45, 7) is 6.24. The number of aromatic amines is 1. The van der Waals surface area contributed by atoms with Crippen molar-refractivity contribution in [2.24, 2.45) is 0 Å². The minimum absolute atomic E-state index is 0.0195. The minimum atomic E-state index is 0.0195. The van der Waals surface area contributed by atoms with Crippen LogP contribution in [0.15, 0.2) is 18.2 Å². The molecule has 0 spiro atoms. The lowest BCUT2D eigenvalue weighted by Crippen LogP contribution is -2.36. The molecule has 0 bridgehead atoms. The molecular weight excluding hydrogens is 268 g/mol. The predicted octanol–water partition coefficient (Wildman–Crippen LogP) is 3.66. The van der Waals surface area contributed by atoms with Crippen LogP contribution in [0.3, 0.4) is 0 Å². The summed E-state index contributed by atoms with van der Waals surface area (Å²) < 4.78 is 0. The van der Waals surface area contributed by atoms with Crippen molar-refractivity contribution in [2.45, 2.75) is 33.2 Å². The van der Waals surface area contributed by atoms with E-state index in [-0.39, 0.29) is 11.9 Å². The van der Waals surface area contributed by atoms with Crippen LogP contribution in [-0.4, -0.2) is 28.9 Å². The van der Waals surface area contributed by atoms with Crippen LogP contribution in [0.2, 0.25) is 0 Å². The van der Waals surface area contributed by atoms with Crippen LogP contribution in [0.4, 0.5) is 0 Å². The molecule has 3 nitrogen and oxygen atoms in total. The molecule has 0 aliphatic heterocycles. The van der Waals surface area contributed by atoms with E-state index in [9.17, 15) is 4.79 Å². The van der Waals surface area contributed by atoms with Gasteiger partial charge in [-0.25, -0.2) is 0 Å². The van der Waals surface area contributed by atoms with Crippen molar-refractivity contribution >= 4 is 28.6 Å². The molecule has 2 rings (SSSR count). The topological polar surface area (TPSA) is 44.9 Å². The number of thioether (sulfide) groups is 1. The van der Waals surface area contributed by atoms with E-state index in [4.69, 9.17) is 0 Å². The lowest BCUT2D eigenvalue weighted by molar-refractivity contribution is 0.0940. The smallest absolute Gasteiger partial charge is 0.251 e. The van der Waals surface area contributed by atoms with Gasteiger partial charge in [-0.3, -0.25) is 4.79 Å². The van der Waals surface area contributed by atoms with Crippen molar-refractivity contribution < 1.29 is 4.79 Å². The summed E-state index contributed by atoms with van der Waals surface area (Å²) in [4.78, 5) is 15.7. The second kappa shape index (κ2) is 6.35. The molecule has 0 fully saturated rings. The molecule has 1 aromatic carbocycles. The first-order valence-electron chi connectivity index (χ1n) is 6.95. The molecule has 0 saturated heterocycles. The van der Waals surface area contributed by atoms with Crippen molar-refractivity contribution in [2.75, 3.05) is 12.0 Å². The van der Waals surface area contributed by atoms with Crippen LogP contribution in [-0.2, 0) is 0 Å². The molecule has 0 aliphatic rings. The Labute approximate surface area is 124 Å². The van der Waals surface area contributed by atoms with Crippen molar-refractivity contribution in [1.29, 1.82) is 0 Å². The molecular formula is C16H22N2OS. The van der Waals surface area contributed by atoms with Crippen molar-refractivity contribution in [3.63, 3.8) is 0 Å². The Morgan fingerprint density at radius 1 is 1.40 bits per heavy atom. The number of nitrogens with one attached hydrogen (secondary N) is 2. The Morgan fingerprint density at radius 3 is 2.80 bits per heavy atom.